The summed E-state index contributed by atoms with van der Waals surface area (Å²) in [4.78, 5) is 53.7. The van der Waals surface area contributed by atoms with E-state index in [1.807, 2.05) is 46.1 Å². The van der Waals surface area contributed by atoms with Crippen molar-refractivity contribution < 1.29 is 28.7 Å². The SMILES string of the molecule is CCC(C)(C)N(C(=O)C(CCSC)NC(=O)OC(C)(C)C)C(C(=O)NCC(=O)OC)c1ccc(C)cc1. The Morgan fingerprint density at radius 3 is 2.14 bits per heavy atom. The summed E-state index contributed by atoms with van der Waals surface area (Å²) in [5.74, 6) is -0.931. The number of aryl methyl sites for hydroxylation is 1. The normalized spacial score (nSPS) is 13.2. The standard InChI is InChI=1S/C27H43N3O6S/c1-10-27(6,7)30(24(33)20(15-16-37-9)29-25(34)36-26(3,4)5)22(19-13-11-18(2)12-14-19)23(32)28-17-21(31)35-8/h11-14,20,22H,10,15-17H2,1-9H3,(H,28,32)(H,29,34). The van der Waals surface area contributed by atoms with E-state index in [1.54, 1.807) is 44.7 Å². The number of benzene rings is 1. The van der Waals surface area contributed by atoms with Gasteiger partial charge in [0.05, 0.1) is 7.11 Å². The van der Waals surface area contributed by atoms with Crippen LogP contribution in [-0.2, 0) is 23.9 Å². The van der Waals surface area contributed by atoms with Crippen LogP contribution in [0.4, 0.5) is 4.79 Å². The molecule has 1 aromatic carbocycles. The van der Waals surface area contributed by atoms with Crippen LogP contribution < -0.4 is 10.6 Å². The Labute approximate surface area is 225 Å². The summed E-state index contributed by atoms with van der Waals surface area (Å²) in [6.07, 6.45) is 2.09. The lowest BCUT2D eigenvalue weighted by Gasteiger charge is -2.44. The summed E-state index contributed by atoms with van der Waals surface area (Å²) in [6, 6.07) is 5.34. The van der Waals surface area contributed by atoms with Crippen molar-refractivity contribution >= 4 is 35.6 Å². The number of amides is 3. The Bertz CT molecular complexity index is 927. The quantitative estimate of drug-likeness (QED) is 0.388. The van der Waals surface area contributed by atoms with E-state index < -0.39 is 47.1 Å². The largest absolute Gasteiger partial charge is 0.468 e. The van der Waals surface area contributed by atoms with Gasteiger partial charge in [-0.15, -0.1) is 0 Å². The third kappa shape index (κ3) is 10.3. The molecule has 0 aliphatic heterocycles. The second-order valence-corrected chi connectivity index (χ2v) is 11.4. The van der Waals surface area contributed by atoms with Crippen LogP contribution in [-0.4, -0.2) is 71.6 Å². The van der Waals surface area contributed by atoms with Crippen LogP contribution in [0, 0.1) is 6.92 Å². The van der Waals surface area contributed by atoms with E-state index in [9.17, 15) is 19.2 Å². The molecule has 0 aliphatic rings. The molecule has 1 rings (SSSR count). The molecule has 1 aromatic rings. The van der Waals surface area contributed by atoms with Crippen molar-refractivity contribution in [1.82, 2.24) is 15.5 Å². The minimum absolute atomic E-state index is 0.335. The lowest BCUT2D eigenvalue weighted by atomic mass is 9.91. The Morgan fingerprint density at radius 1 is 1.05 bits per heavy atom. The molecule has 208 valence electrons. The molecule has 0 aliphatic carbocycles. The van der Waals surface area contributed by atoms with Crippen LogP contribution in [0.15, 0.2) is 24.3 Å². The molecule has 2 N–H and O–H groups in total. The third-order valence-electron chi connectivity index (χ3n) is 5.89. The van der Waals surface area contributed by atoms with Crippen molar-refractivity contribution in [2.75, 3.05) is 25.7 Å². The Hall–Kier alpha value is -2.75. The number of nitrogens with one attached hydrogen (secondary N) is 2. The van der Waals surface area contributed by atoms with Gasteiger partial charge in [0.1, 0.15) is 24.2 Å². The summed E-state index contributed by atoms with van der Waals surface area (Å²) in [7, 11) is 1.24. The van der Waals surface area contributed by atoms with Crippen molar-refractivity contribution in [1.29, 1.82) is 0 Å². The van der Waals surface area contributed by atoms with E-state index in [1.165, 1.54) is 12.0 Å². The fourth-order valence-corrected chi connectivity index (χ4v) is 4.02. The van der Waals surface area contributed by atoms with E-state index in [0.29, 0.717) is 24.2 Å². The zero-order valence-corrected chi connectivity index (χ0v) is 24.4. The van der Waals surface area contributed by atoms with Crippen LogP contribution in [0.1, 0.15) is 71.6 Å². The van der Waals surface area contributed by atoms with Gasteiger partial charge in [0.25, 0.3) is 0 Å². The number of nitrogens with zero attached hydrogens (tertiary/aromatic N) is 1. The highest BCUT2D eigenvalue weighted by Crippen LogP contribution is 2.32. The number of hydrogen-bond donors (Lipinski definition) is 2. The van der Waals surface area contributed by atoms with Crippen molar-refractivity contribution in [3.8, 4) is 0 Å². The van der Waals surface area contributed by atoms with Gasteiger partial charge in [-0.2, -0.15) is 11.8 Å². The first-order chi connectivity index (χ1) is 17.2. The van der Waals surface area contributed by atoms with E-state index in [-0.39, 0.29) is 6.54 Å². The third-order valence-corrected chi connectivity index (χ3v) is 6.53. The van der Waals surface area contributed by atoms with Gasteiger partial charge in [-0.1, -0.05) is 36.8 Å². The minimum atomic E-state index is -1.05. The average molecular weight is 538 g/mol. The topological polar surface area (TPSA) is 114 Å². The van der Waals surface area contributed by atoms with Gasteiger partial charge < -0.3 is 25.0 Å². The van der Waals surface area contributed by atoms with Gasteiger partial charge in [0.2, 0.25) is 11.8 Å². The lowest BCUT2D eigenvalue weighted by molar-refractivity contribution is -0.150. The molecule has 0 heterocycles. The second-order valence-electron chi connectivity index (χ2n) is 10.5. The Morgan fingerprint density at radius 2 is 1.65 bits per heavy atom. The number of ether oxygens (including phenoxy) is 2. The van der Waals surface area contributed by atoms with Gasteiger partial charge in [-0.25, -0.2) is 4.79 Å². The van der Waals surface area contributed by atoms with Gasteiger partial charge in [0.15, 0.2) is 0 Å². The number of esters is 1. The predicted octanol–water partition coefficient (Wildman–Crippen LogP) is 3.99. The smallest absolute Gasteiger partial charge is 0.408 e. The number of carbonyl (C=O) groups is 4. The van der Waals surface area contributed by atoms with E-state index >= 15 is 0 Å². The predicted molar refractivity (Wildman–Crippen MR) is 146 cm³/mol. The van der Waals surface area contributed by atoms with E-state index in [2.05, 4.69) is 15.4 Å². The number of carbonyl (C=O) groups excluding carboxylic acids is 4. The monoisotopic (exact) mass is 537 g/mol. The molecule has 0 saturated carbocycles. The molecule has 0 bridgehead atoms. The molecular weight excluding hydrogens is 494 g/mol. The summed E-state index contributed by atoms with van der Waals surface area (Å²) < 4.78 is 10.1. The molecular formula is C27H43N3O6S. The van der Waals surface area contributed by atoms with Crippen molar-refractivity contribution in [2.24, 2.45) is 0 Å². The van der Waals surface area contributed by atoms with Crippen LogP contribution in [0.2, 0.25) is 0 Å². The van der Waals surface area contributed by atoms with Crippen LogP contribution in [0.3, 0.4) is 0 Å². The fraction of sp³-hybridized carbons (Fsp3) is 0.630. The Balaban J connectivity index is 3.58. The van der Waals surface area contributed by atoms with Crippen molar-refractivity contribution in [3.05, 3.63) is 35.4 Å². The summed E-state index contributed by atoms with van der Waals surface area (Å²) >= 11 is 1.55. The van der Waals surface area contributed by atoms with Crippen molar-refractivity contribution in [3.63, 3.8) is 0 Å². The van der Waals surface area contributed by atoms with Crippen LogP contribution in [0.25, 0.3) is 0 Å². The highest BCUT2D eigenvalue weighted by Gasteiger charge is 2.43. The highest BCUT2D eigenvalue weighted by molar-refractivity contribution is 7.98. The van der Waals surface area contributed by atoms with Crippen molar-refractivity contribution in [2.45, 2.75) is 84.5 Å². The molecule has 2 atom stereocenters. The number of rotatable bonds is 12. The first kappa shape index (κ1) is 32.3. The minimum Gasteiger partial charge on any atom is -0.468 e. The molecule has 0 spiro atoms. The molecule has 0 aromatic heterocycles. The maximum absolute atomic E-state index is 14.2. The van der Waals surface area contributed by atoms with Crippen LogP contribution in [0.5, 0.6) is 0 Å². The van der Waals surface area contributed by atoms with Gasteiger partial charge in [0, 0.05) is 5.54 Å². The number of thioether (sulfide) groups is 1. The molecule has 3 amide bonds. The first-order valence-corrected chi connectivity index (χ1v) is 13.8. The number of alkyl carbamates (subject to hydrolysis) is 1. The van der Waals surface area contributed by atoms with Gasteiger partial charge in [-0.05, 0) is 72.0 Å². The first-order valence-electron chi connectivity index (χ1n) is 12.4. The lowest BCUT2D eigenvalue weighted by Crippen LogP contribution is -2.59. The van der Waals surface area contributed by atoms with Gasteiger partial charge >= 0.3 is 12.1 Å². The summed E-state index contributed by atoms with van der Waals surface area (Å²) in [5.41, 5.74) is 0.0681. The van der Waals surface area contributed by atoms with Crippen LogP contribution >= 0.6 is 11.8 Å². The molecule has 10 heteroatoms. The Kier molecular flexibility index (Phi) is 12.4. The fourth-order valence-electron chi connectivity index (χ4n) is 3.55. The zero-order valence-electron chi connectivity index (χ0n) is 23.6. The maximum atomic E-state index is 14.2. The molecule has 2 unspecified atom stereocenters. The maximum Gasteiger partial charge on any atom is 0.408 e. The molecule has 0 radical (unpaired) electrons. The van der Waals surface area contributed by atoms with E-state index in [0.717, 1.165) is 5.56 Å². The zero-order chi connectivity index (χ0) is 28.4. The summed E-state index contributed by atoms with van der Waals surface area (Å²) in [6.45, 7) is 12.5. The summed E-state index contributed by atoms with van der Waals surface area (Å²) in [5, 5.41) is 5.34. The number of methoxy groups -OCH3 is 1. The molecule has 9 nitrogen and oxygen atoms in total. The van der Waals surface area contributed by atoms with E-state index in [4.69, 9.17) is 4.74 Å². The highest BCUT2D eigenvalue weighted by atomic mass is 32.2. The average Bonchev–Trinajstić information content (AvgIpc) is 2.82. The molecule has 0 fully saturated rings. The second kappa shape index (κ2) is 14.3. The molecule has 37 heavy (non-hydrogen) atoms. The molecule has 0 saturated heterocycles. The number of hydrogen-bond acceptors (Lipinski definition) is 7. The van der Waals surface area contributed by atoms with Gasteiger partial charge in [-0.3, -0.25) is 14.4 Å².